The molecule has 0 aliphatic carbocycles. The Morgan fingerprint density at radius 1 is 1.40 bits per heavy atom. The summed E-state index contributed by atoms with van der Waals surface area (Å²) in [5.41, 5.74) is 6.28. The average molecular weight is 274 g/mol. The minimum absolute atomic E-state index is 0.0401. The summed E-state index contributed by atoms with van der Waals surface area (Å²) < 4.78 is 0. The zero-order valence-electron chi connectivity index (χ0n) is 11.6. The van der Waals surface area contributed by atoms with Gasteiger partial charge >= 0.3 is 0 Å². The van der Waals surface area contributed by atoms with Gasteiger partial charge in [-0.2, -0.15) is 5.26 Å². The predicted molar refractivity (Wildman–Crippen MR) is 75.7 cm³/mol. The summed E-state index contributed by atoms with van der Waals surface area (Å²) in [5.74, 6) is -0.692. The number of hydrogen-bond acceptors (Lipinski definition) is 4. The lowest BCUT2D eigenvalue weighted by Gasteiger charge is -2.25. The van der Waals surface area contributed by atoms with Gasteiger partial charge in [-0.3, -0.25) is 14.5 Å². The monoisotopic (exact) mass is 274 g/mol. The van der Waals surface area contributed by atoms with Crippen LogP contribution in [0, 0.1) is 11.3 Å². The summed E-state index contributed by atoms with van der Waals surface area (Å²) in [5, 5.41) is 11.4. The molecule has 1 aromatic carbocycles. The second kappa shape index (κ2) is 7.26. The van der Waals surface area contributed by atoms with Crippen molar-refractivity contribution < 1.29 is 9.59 Å². The van der Waals surface area contributed by atoms with Crippen LogP contribution in [0.15, 0.2) is 24.3 Å². The highest BCUT2D eigenvalue weighted by Gasteiger charge is 2.21. The largest absolute Gasteiger partial charge is 0.369 e. The smallest absolute Gasteiger partial charge is 0.241 e. The fraction of sp³-hybridized carbons (Fsp3) is 0.357. The minimum Gasteiger partial charge on any atom is -0.369 e. The molecule has 106 valence electrons. The summed E-state index contributed by atoms with van der Waals surface area (Å²) in [6.45, 7) is 4.16. The molecule has 1 unspecified atom stereocenters. The first kappa shape index (κ1) is 15.7. The Hall–Kier alpha value is -2.39. The molecule has 2 amide bonds. The van der Waals surface area contributed by atoms with E-state index in [1.54, 1.807) is 36.1 Å². The van der Waals surface area contributed by atoms with Crippen LogP contribution in [-0.2, 0) is 9.59 Å². The van der Waals surface area contributed by atoms with Crippen LogP contribution in [-0.4, -0.2) is 35.8 Å². The number of nitrogens with zero attached hydrogens (tertiary/aromatic N) is 2. The number of amides is 2. The molecule has 1 atom stereocenters. The van der Waals surface area contributed by atoms with E-state index in [2.05, 4.69) is 5.32 Å². The Labute approximate surface area is 118 Å². The van der Waals surface area contributed by atoms with E-state index in [4.69, 9.17) is 11.0 Å². The van der Waals surface area contributed by atoms with Crippen LogP contribution < -0.4 is 11.1 Å². The summed E-state index contributed by atoms with van der Waals surface area (Å²) >= 11 is 0. The van der Waals surface area contributed by atoms with Gasteiger partial charge in [0.1, 0.15) is 0 Å². The molecule has 0 fully saturated rings. The number of nitrogens with one attached hydrogen (secondary N) is 1. The molecule has 0 aliphatic heterocycles. The van der Waals surface area contributed by atoms with Crippen molar-refractivity contribution in [3.63, 3.8) is 0 Å². The maximum absolute atomic E-state index is 12.1. The molecule has 0 aliphatic rings. The van der Waals surface area contributed by atoms with Crippen molar-refractivity contribution in [2.45, 2.75) is 19.9 Å². The van der Waals surface area contributed by atoms with Gasteiger partial charge in [-0.25, -0.2) is 0 Å². The van der Waals surface area contributed by atoms with Crippen molar-refractivity contribution >= 4 is 17.5 Å². The number of rotatable bonds is 6. The van der Waals surface area contributed by atoms with E-state index in [9.17, 15) is 9.59 Å². The quantitative estimate of drug-likeness (QED) is 0.797. The summed E-state index contributed by atoms with van der Waals surface area (Å²) in [6, 6.07) is 8.11. The van der Waals surface area contributed by atoms with Crippen LogP contribution in [0.1, 0.15) is 19.4 Å². The lowest BCUT2D eigenvalue weighted by molar-refractivity contribution is -0.123. The molecule has 6 nitrogen and oxygen atoms in total. The van der Waals surface area contributed by atoms with Crippen LogP contribution in [0.3, 0.4) is 0 Å². The average Bonchev–Trinajstić information content (AvgIpc) is 2.44. The summed E-state index contributed by atoms with van der Waals surface area (Å²) in [4.78, 5) is 24.7. The van der Waals surface area contributed by atoms with Gasteiger partial charge in [-0.05, 0) is 37.7 Å². The second-order valence-electron chi connectivity index (χ2n) is 4.38. The molecule has 3 N–H and O–H groups in total. The molecule has 1 rings (SSSR count). The van der Waals surface area contributed by atoms with Crippen LogP contribution in [0.2, 0.25) is 0 Å². The number of anilines is 1. The van der Waals surface area contributed by atoms with Gasteiger partial charge in [0, 0.05) is 5.69 Å². The van der Waals surface area contributed by atoms with Crippen LogP contribution in [0.25, 0.3) is 0 Å². The number of hydrogen-bond donors (Lipinski definition) is 2. The SMILES string of the molecule is CCN(CC(N)=O)C(C)C(=O)Nc1ccc(C#N)cc1. The zero-order chi connectivity index (χ0) is 15.1. The summed E-state index contributed by atoms with van der Waals surface area (Å²) in [7, 11) is 0. The Bertz CT molecular complexity index is 519. The lowest BCUT2D eigenvalue weighted by Crippen LogP contribution is -2.45. The molecule has 1 aromatic rings. The number of carbonyl (C=O) groups excluding carboxylic acids is 2. The minimum atomic E-state index is -0.469. The van der Waals surface area contributed by atoms with Crippen LogP contribution in [0.5, 0.6) is 0 Å². The maximum atomic E-state index is 12.1. The second-order valence-corrected chi connectivity index (χ2v) is 4.38. The lowest BCUT2D eigenvalue weighted by atomic mass is 10.2. The maximum Gasteiger partial charge on any atom is 0.241 e. The first-order chi connectivity index (χ1) is 9.47. The molecule has 6 heteroatoms. The normalized spacial score (nSPS) is 11.7. The molecule has 0 radical (unpaired) electrons. The van der Waals surface area contributed by atoms with Gasteiger partial charge in [0.15, 0.2) is 0 Å². The van der Waals surface area contributed by atoms with Crippen molar-refractivity contribution in [1.82, 2.24) is 4.90 Å². The molecule has 0 saturated heterocycles. The Balaban J connectivity index is 2.68. The number of primary amides is 1. The van der Waals surface area contributed by atoms with Crippen LogP contribution in [0.4, 0.5) is 5.69 Å². The van der Waals surface area contributed by atoms with Crippen molar-refractivity contribution in [2.75, 3.05) is 18.4 Å². The standard InChI is InChI=1S/C14H18N4O2/c1-3-18(9-13(16)19)10(2)14(20)17-12-6-4-11(8-15)5-7-12/h4-7,10H,3,9H2,1-2H3,(H2,16,19)(H,17,20). The van der Waals surface area contributed by atoms with E-state index < -0.39 is 11.9 Å². The topological polar surface area (TPSA) is 99.2 Å². The van der Waals surface area contributed by atoms with E-state index in [-0.39, 0.29) is 12.5 Å². The fourth-order valence-electron chi connectivity index (χ4n) is 1.76. The highest BCUT2D eigenvalue weighted by molar-refractivity contribution is 5.94. The van der Waals surface area contributed by atoms with E-state index in [1.807, 2.05) is 13.0 Å². The third-order valence-corrected chi connectivity index (χ3v) is 2.97. The van der Waals surface area contributed by atoms with Crippen molar-refractivity contribution in [2.24, 2.45) is 5.73 Å². The molecule has 0 bridgehead atoms. The van der Waals surface area contributed by atoms with E-state index >= 15 is 0 Å². The third kappa shape index (κ3) is 4.37. The molecule has 20 heavy (non-hydrogen) atoms. The van der Waals surface area contributed by atoms with Crippen LogP contribution >= 0.6 is 0 Å². The van der Waals surface area contributed by atoms with Gasteiger partial charge in [0.05, 0.1) is 24.2 Å². The van der Waals surface area contributed by atoms with Crippen molar-refractivity contribution in [3.05, 3.63) is 29.8 Å². The van der Waals surface area contributed by atoms with Gasteiger partial charge in [0.25, 0.3) is 0 Å². The van der Waals surface area contributed by atoms with Gasteiger partial charge in [-0.15, -0.1) is 0 Å². The summed E-state index contributed by atoms with van der Waals surface area (Å²) in [6.07, 6.45) is 0. The van der Waals surface area contributed by atoms with E-state index in [0.29, 0.717) is 17.8 Å². The number of benzene rings is 1. The number of nitrogens with two attached hydrogens (primary N) is 1. The van der Waals surface area contributed by atoms with Gasteiger partial charge in [-0.1, -0.05) is 6.92 Å². The zero-order valence-corrected chi connectivity index (χ0v) is 11.6. The number of carbonyl (C=O) groups is 2. The number of nitriles is 1. The third-order valence-electron chi connectivity index (χ3n) is 2.97. The first-order valence-electron chi connectivity index (χ1n) is 6.31. The number of likely N-dealkylation sites (N-methyl/N-ethyl adjacent to an activating group) is 1. The van der Waals surface area contributed by atoms with Crippen molar-refractivity contribution in [3.8, 4) is 6.07 Å². The molecule has 0 spiro atoms. The van der Waals surface area contributed by atoms with E-state index in [1.165, 1.54) is 0 Å². The predicted octanol–water partition coefficient (Wildman–Crippen LogP) is 0.692. The first-order valence-corrected chi connectivity index (χ1v) is 6.31. The van der Waals surface area contributed by atoms with Gasteiger partial charge in [0.2, 0.25) is 11.8 Å². The molecular weight excluding hydrogens is 256 g/mol. The Morgan fingerprint density at radius 2 is 2.00 bits per heavy atom. The molecule has 0 saturated carbocycles. The molecule has 0 heterocycles. The highest BCUT2D eigenvalue weighted by atomic mass is 16.2. The Morgan fingerprint density at radius 3 is 2.45 bits per heavy atom. The highest BCUT2D eigenvalue weighted by Crippen LogP contribution is 2.10. The van der Waals surface area contributed by atoms with Crippen molar-refractivity contribution in [1.29, 1.82) is 5.26 Å². The fourth-order valence-corrected chi connectivity index (χ4v) is 1.76. The van der Waals surface area contributed by atoms with Gasteiger partial charge < -0.3 is 11.1 Å². The molecule has 0 aromatic heterocycles. The Kier molecular flexibility index (Phi) is 5.69. The van der Waals surface area contributed by atoms with E-state index in [0.717, 1.165) is 0 Å². The molecular formula is C14H18N4O2.